The van der Waals surface area contributed by atoms with E-state index in [2.05, 4.69) is 10.3 Å². The van der Waals surface area contributed by atoms with Crippen molar-refractivity contribution in [3.8, 4) is 5.75 Å². The summed E-state index contributed by atoms with van der Waals surface area (Å²) in [6, 6.07) is 7.42. The van der Waals surface area contributed by atoms with Crippen LogP contribution in [0.5, 0.6) is 5.75 Å². The maximum absolute atomic E-state index is 12.5. The largest absolute Gasteiger partial charge is 0.418 e. The normalized spacial score (nSPS) is 11.0. The number of hydrogen-bond acceptors (Lipinski definition) is 3. The van der Waals surface area contributed by atoms with Gasteiger partial charge >= 0.3 is 12.3 Å². The first-order valence-corrected chi connectivity index (χ1v) is 6.00. The molecule has 110 valence electrons. The van der Waals surface area contributed by atoms with Crippen LogP contribution in [0.2, 0.25) is 5.02 Å². The summed E-state index contributed by atoms with van der Waals surface area (Å²) in [7, 11) is 0. The van der Waals surface area contributed by atoms with Crippen molar-refractivity contribution >= 4 is 23.5 Å². The number of nitrogens with one attached hydrogen (secondary N) is 1. The Bertz CT molecular complexity index is 645. The van der Waals surface area contributed by atoms with Gasteiger partial charge in [0.05, 0.1) is 5.56 Å². The van der Waals surface area contributed by atoms with E-state index in [0.717, 1.165) is 12.3 Å². The molecule has 2 aromatic rings. The molecule has 21 heavy (non-hydrogen) atoms. The molecular weight excluding hydrogens is 309 g/mol. The minimum atomic E-state index is -4.51. The van der Waals surface area contributed by atoms with Crippen LogP contribution in [-0.4, -0.2) is 11.1 Å². The van der Waals surface area contributed by atoms with Crippen molar-refractivity contribution in [1.82, 2.24) is 4.98 Å². The van der Waals surface area contributed by atoms with Gasteiger partial charge in [0.1, 0.15) is 11.6 Å². The summed E-state index contributed by atoms with van der Waals surface area (Å²) in [6.45, 7) is 0. The maximum Gasteiger partial charge on any atom is 0.418 e. The van der Waals surface area contributed by atoms with E-state index in [4.69, 9.17) is 16.3 Å². The molecule has 1 aromatic carbocycles. The molecule has 8 heteroatoms. The highest BCUT2D eigenvalue weighted by Crippen LogP contribution is 2.29. The van der Waals surface area contributed by atoms with Crippen LogP contribution in [0.25, 0.3) is 0 Å². The van der Waals surface area contributed by atoms with Gasteiger partial charge in [-0.1, -0.05) is 11.6 Å². The first-order valence-electron chi connectivity index (χ1n) is 5.62. The summed E-state index contributed by atoms with van der Waals surface area (Å²) in [4.78, 5) is 15.2. The molecule has 0 fully saturated rings. The van der Waals surface area contributed by atoms with Crippen LogP contribution in [0, 0.1) is 0 Å². The fourth-order valence-electron chi connectivity index (χ4n) is 1.41. The number of halogens is 4. The van der Waals surface area contributed by atoms with Crippen LogP contribution < -0.4 is 10.1 Å². The number of benzene rings is 1. The molecule has 0 aliphatic rings. The number of alkyl halides is 3. The number of aromatic nitrogens is 1. The summed E-state index contributed by atoms with van der Waals surface area (Å²) in [5, 5.41) is 2.57. The highest BCUT2D eigenvalue weighted by molar-refractivity contribution is 6.30. The third-order valence-corrected chi connectivity index (χ3v) is 2.59. The second kappa shape index (κ2) is 6.01. The molecule has 0 unspecified atom stereocenters. The zero-order chi connectivity index (χ0) is 15.5. The van der Waals surface area contributed by atoms with Crippen molar-refractivity contribution in [2.75, 3.05) is 5.32 Å². The van der Waals surface area contributed by atoms with Crippen molar-refractivity contribution in [3.05, 3.63) is 53.2 Å². The Balaban J connectivity index is 2.04. The molecule has 0 bridgehead atoms. The number of anilines is 1. The van der Waals surface area contributed by atoms with E-state index in [1.165, 1.54) is 24.3 Å². The molecular formula is C13H8ClF3N2O2. The second-order valence-corrected chi connectivity index (χ2v) is 4.33. The second-order valence-electron chi connectivity index (χ2n) is 3.90. The van der Waals surface area contributed by atoms with Gasteiger partial charge in [-0.25, -0.2) is 9.78 Å². The van der Waals surface area contributed by atoms with E-state index in [0.29, 0.717) is 11.1 Å². The van der Waals surface area contributed by atoms with Gasteiger partial charge in [-0.15, -0.1) is 0 Å². The number of amides is 1. The summed E-state index contributed by atoms with van der Waals surface area (Å²) >= 11 is 5.67. The molecule has 0 radical (unpaired) electrons. The molecule has 2 rings (SSSR count). The van der Waals surface area contributed by atoms with E-state index >= 15 is 0 Å². The molecule has 1 aromatic heterocycles. The van der Waals surface area contributed by atoms with E-state index < -0.39 is 17.8 Å². The number of hydrogen-bond donors (Lipinski definition) is 1. The van der Waals surface area contributed by atoms with Gasteiger partial charge < -0.3 is 4.74 Å². The lowest BCUT2D eigenvalue weighted by molar-refractivity contribution is -0.137. The summed E-state index contributed by atoms with van der Waals surface area (Å²) in [5.74, 6) is -0.0623. The van der Waals surface area contributed by atoms with E-state index in [9.17, 15) is 18.0 Å². The van der Waals surface area contributed by atoms with Crippen molar-refractivity contribution in [1.29, 1.82) is 0 Å². The van der Waals surface area contributed by atoms with Gasteiger partial charge in [-0.2, -0.15) is 13.2 Å². The topological polar surface area (TPSA) is 51.2 Å². The fraction of sp³-hybridized carbons (Fsp3) is 0.0769. The number of carbonyl (C=O) groups excluding carboxylic acids is 1. The average molecular weight is 317 g/mol. The molecule has 0 aliphatic carbocycles. The molecule has 4 nitrogen and oxygen atoms in total. The standard InChI is InChI=1S/C13H8ClF3N2O2/c14-9-1-3-10(4-2-9)21-12(20)19-11-7-8(5-6-18-11)13(15,16)17/h1-7H,(H,18,19,20). The van der Waals surface area contributed by atoms with Crippen molar-refractivity contribution in [2.45, 2.75) is 6.18 Å². The van der Waals surface area contributed by atoms with Gasteiger partial charge in [0.2, 0.25) is 0 Å². The highest BCUT2D eigenvalue weighted by atomic mass is 35.5. The first kappa shape index (κ1) is 15.1. The molecule has 0 atom stereocenters. The minimum Gasteiger partial charge on any atom is -0.410 e. The maximum atomic E-state index is 12.5. The Kier molecular flexibility index (Phi) is 4.32. The quantitative estimate of drug-likeness (QED) is 0.895. The van der Waals surface area contributed by atoms with Crippen LogP contribution in [0.15, 0.2) is 42.6 Å². The molecule has 1 N–H and O–H groups in total. The number of nitrogens with zero attached hydrogens (tertiary/aromatic N) is 1. The fourth-order valence-corrected chi connectivity index (χ4v) is 1.54. The summed E-state index contributed by atoms with van der Waals surface area (Å²) < 4.78 is 42.4. The SMILES string of the molecule is O=C(Nc1cc(C(F)(F)F)ccn1)Oc1ccc(Cl)cc1. The number of rotatable bonds is 2. The van der Waals surface area contributed by atoms with Crippen LogP contribution in [0.4, 0.5) is 23.8 Å². The number of carbonyl (C=O) groups is 1. The molecule has 1 amide bonds. The third kappa shape index (κ3) is 4.35. The van der Waals surface area contributed by atoms with Gasteiger partial charge in [0, 0.05) is 11.2 Å². The Morgan fingerprint density at radius 3 is 2.48 bits per heavy atom. The monoisotopic (exact) mass is 316 g/mol. The predicted molar refractivity (Wildman–Crippen MR) is 70.3 cm³/mol. The Hall–Kier alpha value is -2.28. The Morgan fingerprint density at radius 2 is 1.86 bits per heavy atom. The summed E-state index contributed by atoms with van der Waals surface area (Å²) in [6.07, 6.45) is -4.52. The predicted octanol–water partition coefficient (Wildman–Crippen LogP) is 4.36. The van der Waals surface area contributed by atoms with Gasteiger partial charge in [0.15, 0.2) is 0 Å². The Labute approximate surface area is 122 Å². The number of ether oxygens (including phenoxy) is 1. The van der Waals surface area contributed by atoms with Crippen LogP contribution >= 0.6 is 11.6 Å². The number of pyridine rings is 1. The lowest BCUT2D eigenvalue weighted by atomic mass is 10.2. The molecule has 0 saturated carbocycles. The molecule has 0 aliphatic heterocycles. The van der Waals surface area contributed by atoms with Crippen LogP contribution in [0.3, 0.4) is 0 Å². The molecule has 0 saturated heterocycles. The van der Waals surface area contributed by atoms with Crippen molar-refractivity contribution < 1.29 is 22.7 Å². The van der Waals surface area contributed by atoms with Crippen LogP contribution in [-0.2, 0) is 6.18 Å². The Morgan fingerprint density at radius 1 is 1.19 bits per heavy atom. The third-order valence-electron chi connectivity index (χ3n) is 2.34. The highest BCUT2D eigenvalue weighted by Gasteiger charge is 2.30. The van der Waals surface area contributed by atoms with Gasteiger partial charge in [-0.05, 0) is 36.4 Å². The first-order chi connectivity index (χ1) is 9.84. The summed E-state index contributed by atoms with van der Waals surface area (Å²) in [5.41, 5.74) is -0.917. The lowest BCUT2D eigenvalue weighted by Crippen LogP contribution is -2.18. The zero-order valence-electron chi connectivity index (χ0n) is 10.3. The van der Waals surface area contributed by atoms with Crippen molar-refractivity contribution in [3.63, 3.8) is 0 Å². The van der Waals surface area contributed by atoms with Crippen molar-refractivity contribution in [2.24, 2.45) is 0 Å². The smallest absolute Gasteiger partial charge is 0.410 e. The van der Waals surface area contributed by atoms with E-state index in [-0.39, 0.29) is 11.6 Å². The molecule has 1 heterocycles. The van der Waals surface area contributed by atoms with E-state index in [1.807, 2.05) is 0 Å². The van der Waals surface area contributed by atoms with E-state index in [1.54, 1.807) is 0 Å². The van der Waals surface area contributed by atoms with Gasteiger partial charge in [-0.3, -0.25) is 5.32 Å². The lowest BCUT2D eigenvalue weighted by Gasteiger charge is -2.09. The minimum absolute atomic E-state index is 0.198. The molecule has 0 spiro atoms. The van der Waals surface area contributed by atoms with Crippen LogP contribution in [0.1, 0.15) is 5.56 Å². The average Bonchev–Trinajstić information content (AvgIpc) is 2.41. The van der Waals surface area contributed by atoms with Gasteiger partial charge in [0.25, 0.3) is 0 Å². The zero-order valence-corrected chi connectivity index (χ0v) is 11.1.